The van der Waals surface area contributed by atoms with Crippen molar-refractivity contribution < 1.29 is 4.79 Å². The predicted octanol–water partition coefficient (Wildman–Crippen LogP) is 3.81. The Morgan fingerprint density at radius 3 is 2.65 bits per heavy atom. The van der Waals surface area contributed by atoms with Crippen molar-refractivity contribution in [2.45, 2.75) is 25.5 Å². The van der Waals surface area contributed by atoms with Crippen LogP contribution in [0.25, 0.3) is 11.5 Å². The third kappa shape index (κ3) is 4.58. The summed E-state index contributed by atoms with van der Waals surface area (Å²) in [4.78, 5) is 11.9. The van der Waals surface area contributed by atoms with Crippen LogP contribution in [-0.4, -0.2) is 32.6 Å². The average molecular weight is 369 g/mol. The molecule has 26 heavy (non-hydrogen) atoms. The molecule has 2 heterocycles. The summed E-state index contributed by atoms with van der Waals surface area (Å²) in [5.74, 6) is 2.31. The van der Waals surface area contributed by atoms with Gasteiger partial charge in [-0.25, -0.2) is 4.68 Å². The minimum absolute atomic E-state index is 0.0985. The summed E-state index contributed by atoms with van der Waals surface area (Å²) in [7, 11) is 0. The number of carbonyl (C=O) groups is 1. The molecule has 0 saturated carbocycles. The monoisotopic (exact) mass is 368 g/mol. The first kappa shape index (κ1) is 18.3. The van der Waals surface area contributed by atoms with Gasteiger partial charge in [0.25, 0.3) is 0 Å². The van der Waals surface area contributed by atoms with Crippen LogP contribution in [0.3, 0.4) is 0 Å². The molecule has 0 spiro atoms. The van der Waals surface area contributed by atoms with E-state index in [0.29, 0.717) is 5.75 Å². The number of hydrogen-bond donors (Lipinski definition) is 1. The average Bonchev–Trinajstić information content (AvgIpc) is 3.32. The van der Waals surface area contributed by atoms with Gasteiger partial charge in [-0.3, -0.25) is 4.79 Å². The van der Waals surface area contributed by atoms with Crippen molar-refractivity contribution in [3.8, 4) is 11.5 Å². The SMILES string of the molecule is CCCCNC(=O)CSCc1cnn(-c2ccccc2)c1-n1cccc1. The minimum Gasteiger partial charge on any atom is -0.355 e. The number of thioether (sulfide) groups is 1. The van der Waals surface area contributed by atoms with Crippen molar-refractivity contribution in [2.24, 2.45) is 0 Å². The number of para-hydroxylation sites is 1. The summed E-state index contributed by atoms with van der Waals surface area (Å²) >= 11 is 1.61. The van der Waals surface area contributed by atoms with Gasteiger partial charge in [0.1, 0.15) is 5.82 Å². The molecule has 1 amide bonds. The molecule has 0 radical (unpaired) electrons. The van der Waals surface area contributed by atoms with Crippen LogP contribution in [0.5, 0.6) is 0 Å². The largest absolute Gasteiger partial charge is 0.355 e. The van der Waals surface area contributed by atoms with Crippen LogP contribution in [0, 0.1) is 0 Å². The van der Waals surface area contributed by atoms with Gasteiger partial charge in [0.2, 0.25) is 5.91 Å². The van der Waals surface area contributed by atoms with Gasteiger partial charge >= 0.3 is 0 Å². The lowest BCUT2D eigenvalue weighted by Gasteiger charge is -2.11. The molecule has 3 rings (SSSR count). The van der Waals surface area contributed by atoms with Crippen molar-refractivity contribution in [3.63, 3.8) is 0 Å². The molecule has 2 aromatic heterocycles. The van der Waals surface area contributed by atoms with Crippen LogP contribution >= 0.6 is 11.8 Å². The fraction of sp³-hybridized carbons (Fsp3) is 0.300. The Morgan fingerprint density at radius 2 is 1.92 bits per heavy atom. The Morgan fingerprint density at radius 1 is 1.15 bits per heavy atom. The van der Waals surface area contributed by atoms with E-state index in [2.05, 4.69) is 21.9 Å². The molecule has 3 aromatic rings. The van der Waals surface area contributed by atoms with Crippen molar-refractivity contribution in [1.29, 1.82) is 0 Å². The molecule has 0 bridgehead atoms. The van der Waals surface area contributed by atoms with E-state index in [0.717, 1.165) is 42.2 Å². The number of carbonyl (C=O) groups excluding carboxylic acids is 1. The summed E-state index contributed by atoms with van der Waals surface area (Å²) in [6.07, 6.45) is 8.04. The van der Waals surface area contributed by atoms with Gasteiger partial charge < -0.3 is 9.88 Å². The molecular weight excluding hydrogens is 344 g/mol. The van der Waals surface area contributed by atoms with Crippen LogP contribution in [0.1, 0.15) is 25.3 Å². The van der Waals surface area contributed by atoms with E-state index in [4.69, 9.17) is 0 Å². The molecule has 0 fully saturated rings. The maximum Gasteiger partial charge on any atom is 0.230 e. The first-order valence-electron chi connectivity index (χ1n) is 8.89. The van der Waals surface area contributed by atoms with E-state index in [1.165, 1.54) is 0 Å². The second kappa shape index (κ2) is 9.29. The lowest BCUT2D eigenvalue weighted by atomic mass is 10.3. The molecule has 0 aliphatic carbocycles. The molecule has 1 aromatic carbocycles. The number of unbranched alkanes of at least 4 members (excludes halogenated alkanes) is 1. The number of benzene rings is 1. The van der Waals surface area contributed by atoms with Gasteiger partial charge in [0.05, 0.1) is 17.6 Å². The van der Waals surface area contributed by atoms with Crippen LogP contribution in [-0.2, 0) is 10.5 Å². The van der Waals surface area contributed by atoms with Crippen molar-refractivity contribution >= 4 is 17.7 Å². The second-order valence-corrected chi connectivity index (χ2v) is 7.01. The lowest BCUT2D eigenvalue weighted by Crippen LogP contribution is -2.26. The van der Waals surface area contributed by atoms with Crippen molar-refractivity contribution in [3.05, 3.63) is 66.6 Å². The first-order valence-corrected chi connectivity index (χ1v) is 10.0. The summed E-state index contributed by atoms with van der Waals surface area (Å²) in [5.41, 5.74) is 2.13. The van der Waals surface area contributed by atoms with Gasteiger partial charge in [-0.2, -0.15) is 5.10 Å². The van der Waals surface area contributed by atoms with Crippen molar-refractivity contribution in [2.75, 3.05) is 12.3 Å². The minimum atomic E-state index is 0.0985. The van der Waals surface area contributed by atoms with Gasteiger partial charge in [-0.15, -0.1) is 11.8 Å². The third-order valence-corrected chi connectivity index (χ3v) is 4.99. The van der Waals surface area contributed by atoms with Gasteiger partial charge in [0, 0.05) is 30.3 Å². The Labute approximate surface area is 158 Å². The molecule has 0 aliphatic rings. The highest BCUT2D eigenvalue weighted by Gasteiger charge is 2.14. The van der Waals surface area contributed by atoms with Crippen LogP contribution in [0.15, 0.2) is 61.1 Å². The topological polar surface area (TPSA) is 51.9 Å². The zero-order valence-electron chi connectivity index (χ0n) is 15.0. The number of amides is 1. The number of nitrogens with one attached hydrogen (secondary N) is 1. The maximum atomic E-state index is 11.9. The summed E-state index contributed by atoms with van der Waals surface area (Å²) in [6, 6.07) is 14.1. The zero-order chi connectivity index (χ0) is 18.2. The zero-order valence-corrected chi connectivity index (χ0v) is 15.8. The molecule has 5 nitrogen and oxygen atoms in total. The summed E-state index contributed by atoms with van der Waals surface area (Å²) < 4.78 is 4.01. The second-order valence-electron chi connectivity index (χ2n) is 6.03. The molecular formula is C20H24N4OS. The number of nitrogens with zero attached hydrogens (tertiary/aromatic N) is 3. The lowest BCUT2D eigenvalue weighted by molar-refractivity contribution is -0.118. The summed E-state index contributed by atoms with van der Waals surface area (Å²) in [5, 5.41) is 7.54. The number of hydrogen-bond acceptors (Lipinski definition) is 3. The summed E-state index contributed by atoms with van der Waals surface area (Å²) in [6.45, 7) is 2.88. The molecule has 0 aliphatic heterocycles. The maximum absolute atomic E-state index is 11.9. The Hall–Kier alpha value is -2.47. The quantitative estimate of drug-likeness (QED) is 0.584. The van der Waals surface area contributed by atoms with Crippen molar-refractivity contribution in [1.82, 2.24) is 19.7 Å². The standard InChI is InChI=1S/C20H24N4OS/c1-2-3-11-21-19(25)16-26-15-17-14-22-24(18-9-5-4-6-10-18)20(17)23-12-7-8-13-23/h4-10,12-14H,2-3,11,15-16H2,1H3,(H,21,25). The van der Waals surface area contributed by atoms with Crippen LogP contribution in [0.2, 0.25) is 0 Å². The van der Waals surface area contributed by atoms with Gasteiger partial charge in [-0.1, -0.05) is 31.5 Å². The fourth-order valence-corrected chi connectivity index (χ4v) is 3.51. The normalized spacial score (nSPS) is 10.8. The molecule has 0 saturated heterocycles. The van der Waals surface area contributed by atoms with Gasteiger partial charge in [0.15, 0.2) is 0 Å². The number of aromatic nitrogens is 3. The van der Waals surface area contributed by atoms with E-state index in [9.17, 15) is 4.79 Å². The predicted molar refractivity (Wildman–Crippen MR) is 107 cm³/mol. The highest BCUT2D eigenvalue weighted by atomic mass is 32.2. The molecule has 136 valence electrons. The molecule has 0 unspecified atom stereocenters. The fourth-order valence-electron chi connectivity index (χ4n) is 2.70. The molecule has 1 N–H and O–H groups in total. The van der Waals surface area contributed by atoms with E-state index >= 15 is 0 Å². The smallest absolute Gasteiger partial charge is 0.230 e. The van der Waals surface area contributed by atoms with E-state index in [1.54, 1.807) is 11.8 Å². The van der Waals surface area contributed by atoms with E-state index < -0.39 is 0 Å². The van der Waals surface area contributed by atoms with E-state index in [-0.39, 0.29) is 5.91 Å². The molecule has 6 heteroatoms. The Kier molecular flexibility index (Phi) is 6.55. The first-order chi connectivity index (χ1) is 12.8. The van der Waals surface area contributed by atoms with Crippen LogP contribution < -0.4 is 5.32 Å². The Balaban J connectivity index is 1.72. The highest BCUT2D eigenvalue weighted by molar-refractivity contribution is 7.99. The number of rotatable bonds is 9. The van der Waals surface area contributed by atoms with Gasteiger partial charge in [-0.05, 0) is 30.7 Å². The highest BCUT2D eigenvalue weighted by Crippen LogP contribution is 2.23. The Bertz CT molecular complexity index is 812. The third-order valence-electron chi connectivity index (χ3n) is 4.01. The van der Waals surface area contributed by atoms with Crippen LogP contribution in [0.4, 0.5) is 0 Å². The molecule has 0 atom stereocenters. The van der Waals surface area contributed by atoms with E-state index in [1.807, 2.05) is 65.7 Å².